The van der Waals surface area contributed by atoms with Crippen molar-refractivity contribution in [3.05, 3.63) is 41.2 Å². The number of hydrogen-bond acceptors (Lipinski definition) is 4. The summed E-state index contributed by atoms with van der Waals surface area (Å²) in [5, 5.41) is 7.07. The number of anilines is 1. The van der Waals surface area contributed by atoms with Gasteiger partial charge in [-0.05, 0) is 19.1 Å². The first-order valence-electron chi connectivity index (χ1n) is 6.21. The van der Waals surface area contributed by atoms with Gasteiger partial charge < -0.3 is 15.8 Å². The minimum Gasteiger partial charge on any atom is -0.497 e. The molecule has 1 aromatic heterocycles. The fourth-order valence-corrected chi connectivity index (χ4v) is 1.97. The Morgan fingerprint density at radius 1 is 1.45 bits per heavy atom. The maximum absolute atomic E-state index is 12.1. The van der Waals surface area contributed by atoms with Crippen molar-refractivity contribution in [1.29, 1.82) is 0 Å². The standard InChI is InChI=1S/C14H18N4O2/c1-9-11(8-18(2)17-9)7-16-14(19)10-4-12(15)6-13(5-10)20-3/h4-6,8H,7,15H2,1-3H3,(H,16,19). The molecule has 0 saturated heterocycles. The lowest BCUT2D eigenvalue weighted by Gasteiger charge is -2.07. The summed E-state index contributed by atoms with van der Waals surface area (Å²) < 4.78 is 6.82. The van der Waals surface area contributed by atoms with Crippen molar-refractivity contribution in [1.82, 2.24) is 15.1 Å². The molecule has 1 heterocycles. The highest BCUT2D eigenvalue weighted by atomic mass is 16.5. The van der Waals surface area contributed by atoms with Crippen LogP contribution in [0.2, 0.25) is 0 Å². The first-order chi connectivity index (χ1) is 9.49. The monoisotopic (exact) mass is 274 g/mol. The highest BCUT2D eigenvalue weighted by Gasteiger charge is 2.10. The number of hydrogen-bond donors (Lipinski definition) is 2. The molecule has 3 N–H and O–H groups in total. The van der Waals surface area contributed by atoms with E-state index in [1.54, 1.807) is 22.9 Å². The Balaban J connectivity index is 2.08. The number of carbonyl (C=O) groups excluding carboxylic acids is 1. The molecule has 0 spiro atoms. The smallest absolute Gasteiger partial charge is 0.251 e. The molecule has 2 rings (SSSR count). The number of nitrogens with zero attached hydrogens (tertiary/aromatic N) is 2. The first kappa shape index (κ1) is 13.9. The second-order valence-electron chi connectivity index (χ2n) is 4.59. The van der Waals surface area contributed by atoms with Gasteiger partial charge in [-0.15, -0.1) is 0 Å². The van der Waals surface area contributed by atoms with Crippen LogP contribution in [0.15, 0.2) is 24.4 Å². The topological polar surface area (TPSA) is 82.2 Å². The third-order valence-electron chi connectivity index (χ3n) is 2.98. The summed E-state index contributed by atoms with van der Waals surface area (Å²) >= 11 is 0. The van der Waals surface area contributed by atoms with Crippen LogP contribution in [0.5, 0.6) is 5.75 Å². The molecular formula is C14H18N4O2. The maximum Gasteiger partial charge on any atom is 0.251 e. The van der Waals surface area contributed by atoms with Crippen LogP contribution in [0.3, 0.4) is 0 Å². The van der Waals surface area contributed by atoms with E-state index in [2.05, 4.69) is 10.4 Å². The van der Waals surface area contributed by atoms with Gasteiger partial charge in [0.05, 0.1) is 12.8 Å². The Hall–Kier alpha value is -2.50. The van der Waals surface area contributed by atoms with E-state index in [0.717, 1.165) is 11.3 Å². The number of ether oxygens (including phenoxy) is 1. The number of aryl methyl sites for hydroxylation is 2. The van der Waals surface area contributed by atoms with Crippen LogP contribution in [-0.2, 0) is 13.6 Å². The Bertz CT molecular complexity index is 634. The Labute approximate surface area is 117 Å². The van der Waals surface area contributed by atoms with Gasteiger partial charge in [0.25, 0.3) is 5.91 Å². The van der Waals surface area contributed by atoms with Crippen LogP contribution in [0, 0.1) is 6.92 Å². The van der Waals surface area contributed by atoms with Crippen molar-refractivity contribution in [3.63, 3.8) is 0 Å². The molecule has 20 heavy (non-hydrogen) atoms. The van der Waals surface area contributed by atoms with E-state index < -0.39 is 0 Å². The molecule has 0 bridgehead atoms. The van der Waals surface area contributed by atoms with Gasteiger partial charge in [-0.1, -0.05) is 0 Å². The fraction of sp³-hybridized carbons (Fsp3) is 0.286. The molecule has 1 amide bonds. The number of nitrogens with two attached hydrogens (primary N) is 1. The lowest BCUT2D eigenvalue weighted by atomic mass is 10.1. The number of aromatic nitrogens is 2. The highest BCUT2D eigenvalue weighted by molar-refractivity contribution is 5.95. The van der Waals surface area contributed by atoms with Crippen LogP contribution in [0.1, 0.15) is 21.6 Å². The number of rotatable bonds is 4. The molecule has 0 fully saturated rings. The van der Waals surface area contributed by atoms with E-state index in [1.807, 2.05) is 20.2 Å². The molecule has 6 heteroatoms. The highest BCUT2D eigenvalue weighted by Crippen LogP contribution is 2.18. The first-order valence-corrected chi connectivity index (χ1v) is 6.21. The molecule has 106 valence electrons. The second kappa shape index (κ2) is 5.64. The summed E-state index contributed by atoms with van der Waals surface area (Å²) in [6.07, 6.45) is 1.88. The number of methoxy groups -OCH3 is 1. The van der Waals surface area contributed by atoms with Gasteiger partial charge in [0.15, 0.2) is 0 Å². The number of carbonyl (C=O) groups is 1. The number of amides is 1. The maximum atomic E-state index is 12.1. The molecular weight excluding hydrogens is 256 g/mol. The van der Waals surface area contributed by atoms with E-state index in [9.17, 15) is 4.79 Å². The molecule has 6 nitrogen and oxygen atoms in total. The van der Waals surface area contributed by atoms with Gasteiger partial charge in [-0.3, -0.25) is 9.48 Å². The van der Waals surface area contributed by atoms with Crippen LogP contribution in [0.4, 0.5) is 5.69 Å². The summed E-state index contributed by atoms with van der Waals surface area (Å²) in [5.74, 6) is 0.367. The molecule has 0 aliphatic heterocycles. The predicted molar refractivity (Wildman–Crippen MR) is 76.5 cm³/mol. The quantitative estimate of drug-likeness (QED) is 0.822. The van der Waals surface area contributed by atoms with E-state index in [0.29, 0.717) is 23.5 Å². The van der Waals surface area contributed by atoms with Gasteiger partial charge in [-0.2, -0.15) is 5.10 Å². The molecule has 0 atom stereocenters. The van der Waals surface area contributed by atoms with E-state index in [4.69, 9.17) is 10.5 Å². The SMILES string of the molecule is COc1cc(N)cc(C(=O)NCc2cn(C)nc2C)c1. The van der Waals surface area contributed by atoms with E-state index in [1.165, 1.54) is 7.11 Å². The summed E-state index contributed by atoms with van der Waals surface area (Å²) in [4.78, 5) is 12.1. The van der Waals surface area contributed by atoms with Crippen LogP contribution >= 0.6 is 0 Å². The second-order valence-corrected chi connectivity index (χ2v) is 4.59. The van der Waals surface area contributed by atoms with Crippen molar-refractivity contribution in [2.75, 3.05) is 12.8 Å². The summed E-state index contributed by atoms with van der Waals surface area (Å²) in [5.41, 5.74) is 8.59. The van der Waals surface area contributed by atoms with Crippen molar-refractivity contribution < 1.29 is 9.53 Å². The zero-order chi connectivity index (χ0) is 14.7. The third-order valence-corrected chi connectivity index (χ3v) is 2.98. The minimum atomic E-state index is -0.196. The average molecular weight is 274 g/mol. The zero-order valence-electron chi connectivity index (χ0n) is 11.8. The van der Waals surface area contributed by atoms with Gasteiger partial charge in [0.2, 0.25) is 0 Å². The average Bonchev–Trinajstić information content (AvgIpc) is 2.73. The van der Waals surface area contributed by atoms with Crippen molar-refractivity contribution >= 4 is 11.6 Å². The van der Waals surface area contributed by atoms with Crippen LogP contribution in [0.25, 0.3) is 0 Å². The van der Waals surface area contributed by atoms with Gasteiger partial charge in [-0.25, -0.2) is 0 Å². The number of nitrogen functional groups attached to an aromatic ring is 1. The minimum absolute atomic E-state index is 0.196. The Morgan fingerprint density at radius 3 is 2.80 bits per heavy atom. The van der Waals surface area contributed by atoms with Gasteiger partial charge in [0, 0.05) is 42.7 Å². The van der Waals surface area contributed by atoms with Crippen molar-refractivity contribution in [2.24, 2.45) is 7.05 Å². The van der Waals surface area contributed by atoms with E-state index >= 15 is 0 Å². The lowest BCUT2D eigenvalue weighted by Crippen LogP contribution is -2.23. The Morgan fingerprint density at radius 2 is 2.20 bits per heavy atom. The van der Waals surface area contributed by atoms with Gasteiger partial charge in [0.1, 0.15) is 5.75 Å². The predicted octanol–water partition coefficient (Wildman–Crippen LogP) is 1.25. The lowest BCUT2D eigenvalue weighted by molar-refractivity contribution is 0.0950. The third kappa shape index (κ3) is 3.09. The van der Waals surface area contributed by atoms with E-state index in [-0.39, 0.29) is 5.91 Å². The number of nitrogens with one attached hydrogen (secondary N) is 1. The zero-order valence-corrected chi connectivity index (χ0v) is 11.8. The van der Waals surface area contributed by atoms with Crippen LogP contribution in [-0.4, -0.2) is 22.8 Å². The van der Waals surface area contributed by atoms with Crippen LogP contribution < -0.4 is 15.8 Å². The van der Waals surface area contributed by atoms with Gasteiger partial charge >= 0.3 is 0 Å². The fourth-order valence-electron chi connectivity index (χ4n) is 1.97. The summed E-state index contributed by atoms with van der Waals surface area (Å²) in [6, 6.07) is 4.94. The largest absolute Gasteiger partial charge is 0.497 e. The molecule has 0 unspecified atom stereocenters. The molecule has 0 aliphatic rings. The normalized spacial score (nSPS) is 10.3. The summed E-state index contributed by atoms with van der Waals surface area (Å²) in [7, 11) is 3.39. The van der Waals surface area contributed by atoms with Crippen molar-refractivity contribution in [2.45, 2.75) is 13.5 Å². The number of benzene rings is 1. The molecule has 0 saturated carbocycles. The summed E-state index contributed by atoms with van der Waals surface area (Å²) in [6.45, 7) is 2.33. The molecule has 0 radical (unpaired) electrons. The molecule has 0 aliphatic carbocycles. The molecule has 1 aromatic carbocycles. The van der Waals surface area contributed by atoms with Crippen molar-refractivity contribution in [3.8, 4) is 5.75 Å². The molecule has 2 aromatic rings. The Kier molecular flexibility index (Phi) is 3.93.